The third-order valence-electron chi connectivity index (χ3n) is 3.15. The molecule has 3 aromatic rings. The number of benzene rings is 2. The molecule has 0 saturated carbocycles. The summed E-state index contributed by atoms with van der Waals surface area (Å²) in [5.74, 6) is -0.125. The Morgan fingerprint density at radius 3 is 2.65 bits per heavy atom. The number of nitrogens with two attached hydrogens (primary N) is 1. The van der Waals surface area contributed by atoms with Gasteiger partial charge in [0.2, 0.25) is 0 Å². The number of carbonyl (C=O) groups excluding carboxylic acids is 1. The summed E-state index contributed by atoms with van der Waals surface area (Å²) in [7, 11) is 0. The van der Waals surface area contributed by atoms with E-state index in [-0.39, 0.29) is 5.78 Å². The molecular weight excluding hydrogens is 295 g/mol. The fourth-order valence-electron chi connectivity index (χ4n) is 2.10. The molecule has 0 aliphatic carbocycles. The number of hydrogen-bond donors (Lipinski definition) is 2. The predicted octanol–water partition coefficient (Wildman–Crippen LogP) is 4.29. The summed E-state index contributed by atoms with van der Waals surface area (Å²) in [6.45, 7) is 0. The molecule has 5 heteroatoms. The zero-order chi connectivity index (χ0) is 14.3. The second-order valence-electron chi connectivity index (χ2n) is 4.46. The number of fused-ring (bicyclic) bond motifs is 1. The van der Waals surface area contributed by atoms with Crippen molar-refractivity contribution >= 4 is 45.6 Å². The van der Waals surface area contributed by atoms with Crippen LogP contribution in [0, 0.1) is 0 Å². The Morgan fingerprint density at radius 2 is 1.90 bits per heavy atom. The maximum absolute atomic E-state index is 12.5. The van der Waals surface area contributed by atoms with Gasteiger partial charge in [-0.05, 0) is 36.4 Å². The molecule has 0 unspecified atom stereocenters. The largest absolute Gasteiger partial charge is 0.398 e. The van der Waals surface area contributed by atoms with Gasteiger partial charge in [-0.25, -0.2) is 0 Å². The van der Waals surface area contributed by atoms with Gasteiger partial charge < -0.3 is 10.7 Å². The number of rotatable bonds is 2. The van der Waals surface area contributed by atoms with E-state index in [1.807, 2.05) is 6.07 Å². The topological polar surface area (TPSA) is 58.9 Å². The SMILES string of the molecule is Nc1ccc(C(=O)c2c[nH]c3ccc(Cl)cc23)cc1Cl. The number of ketones is 1. The number of H-pyrrole nitrogens is 1. The lowest BCUT2D eigenvalue weighted by atomic mass is 10.0. The van der Waals surface area contributed by atoms with E-state index in [9.17, 15) is 4.79 Å². The summed E-state index contributed by atoms with van der Waals surface area (Å²) >= 11 is 11.9. The zero-order valence-electron chi connectivity index (χ0n) is 10.3. The zero-order valence-corrected chi connectivity index (χ0v) is 11.8. The van der Waals surface area contributed by atoms with Crippen LogP contribution in [0.5, 0.6) is 0 Å². The van der Waals surface area contributed by atoms with Crippen molar-refractivity contribution in [2.45, 2.75) is 0 Å². The summed E-state index contributed by atoms with van der Waals surface area (Å²) < 4.78 is 0. The molecule has 1 aromatic heterocycles. The van der Waals surface area contributed by atoms with Crippen molar-refractivity contribution in [3.05, 3.63) is 63.8 Å². The Balaban J connectivity index is 2.12. The maximum atomic E-state index is 12.5. The number of aromatic amines is 1. The van der Waals surface area contributed by atoms with Crippen LogP contribution < -0.4 is 5.73 Å². The van der Waals surface area contributed by atoms with Crippen LogP contribution in [0.3, 0.4) is 0 Å². The van der Waals surface area contributed by atoms with Crippen molar-refractivity contribution in [1.82, 2.24) is 4.98 Å². The number of nitrogen functional groups attached to an aromatic ring is 1. The number of anilines is 1. The molecule has 3 rings (SSSR count). The first-order valence-corrected chi connectivity index (χ1v) is 6.68. The number of aromatic nitrogens is 1. The lowest BCUT2D eigenvalue weighted by molar-refractivity contribution is 0.104. The Bertz CT molecular complexity index is 824. The minimum atomic E-state index is -0.125. The van der Waals surface area contributed by atoms with Gasteiger partial charge in [0, 0.05) is 33.2 Å². The summed E-state index contributed by atoms with van der Waals surface area (Å²) in [5.41, 5.74) is 8.01. The van der Waals surface area contributed by atoms with E-state index in [0.717, 1.165) is 10.9 Å². The van der Waals surface area contributed by atoms with Gasteiger partial charge in [0.15, 0.2) is 5.78 Å². The summed E-state index contributed by atoms with van der Waals surface area (Å²) in [4.78, 5) is 15.6. The number of hydrogen-bond acceptors (Lipinski definition) is 2. The van der Waals surface area contributed by atoms with Gasteiger partial charge in [-0.15, -0.1) is 0 Å². The molecule has 1 heterocycles. The second-order valence-corrected chi connectivity index (χ2v) is 5.30. The molecule has 0 atom stereocenters. The van der Waals surface area contributed by atoms with Crippen molar-refractivity contribution < 1.29 is 4.79 Å². The minimum Gasteiger partial charge on any atom is -0.398 e. The van der Waals surface area contributed by atoms with Crippen molar-refractivity contribution in [3.63, 3.8) is 0 Å². The Hall–Kier alpha value is -1.97. The lowest BCUT2D eigenvalue weighted by Gasteiger charge is -2.03. The standard InChI is InChI=1S/C15H10Cl2N2O/c16-9-2-4-14-10(6-9)11(7-19-14)15(20)8-1-3-13(18)12(17)5-8/h1-7,19H,18H2. The smallest absolute Gasteiger partial charge is 0.195 e. The molecule has 100 valence electrons. The van der Waals surface area contributed by atoms with E-state index in [2.05, 4.69) is 4.98 Å². The second kappa shape index (κ2) is 4.85. The van der Waals surface area contributed by atoms with Crippen molar-refractivity contribution in [1.29, 1.82) is 0 Å². The Morgan fingerprint density at radius 1 is 1.10 bits per heavy atom. The highest BCUT2D eigenvalue weighted by Crippen LogP contribution is 2.26. The molecule has 3 N–H and O–H groups in total. The fraction of sp³-hybridized carbons (Fsp3) is 0. The molecule has 0 amide bonds. The minimum absolute atomic E-state index is 0.125. The molecule has 0 aliphatic heterocycles. The van der Waals surface area contributed by atoms with Crippen LogP contribution in [0.4, 0.5) is 5.69 Å². The lowest BCUT2D eigenvalue weighted by Crippen LogP contribution is -2.01. The molecule has 0 spiro atoms. The van der Waals surface area contributed by atoms with Crippen LogP contribution in [0.25, 0.3) is 10.9 Å². The molecule has 0 fully saturated rings. The van der Waals surface area contributed by atoms with Crippen LogP contribution >= 0.6 is 23.2 Å². The Kier molecular flexibility index (Phi) is 3.16. The van der Waals surface area contributed by atoms with Gasteiger partial charge in [-0.2, -0.15) is 0 Å². The normalized spacial score (nSPS) is 10.9. The first kappa shape index (κ1) is 13.0. The quantitative estimate of drug-likeness (QED) is 0.548. The van der Waals surface area contributed by atoms with Crippen LogP contribution in [0.2, 0.25) is 10.0 Å². The van der Waals surface area contributed by atoms with Gasteiger partial charge in [0.25, 0.3) is 0 Å². The monoisotopic (exact) mass is 304 g/mol. The van der Waals surface area contributed by atoms with Crippen molar-refractivity contribution in [2.24, 2.45) is 0 Å². The van der Waals surface area contributed by atoms with E-state index in [1.165, 1.54) is 0 Å². The van der Waals surface area contributed by atoms with E-state index in [1.54, 1.807) is 36.5 Å². The van der Waals surface area contributed by atoms with Crippen LogP contribution in [0.1, 0.15) is 15.9 Å². The third kappa shape index (κ3) is 2.15. The molecule has 0 aliphatic rings. The van der Waals surface area contributed by atoms with E-state index in [4.69, 9.17) is 28.9 Å². The summed E-state index contributed by atoms with van der Waals surface area (Å²) in [5, 5.41) is 1.74. The average Bonchev–Trinajstić information content (AvgIpc) is 2.84. The number of nitrogens with one attached hydrogen (secondary N) is 1. The first-order valence-electron chi connectivity index (χ1n) is 5.92. The van der Waals surface area contributed by atoms with Gasteiger partial charge in [0.05, 0.1) is 10.7 Å². The summed E-state index contributed by atoms with van der Waals surface area (Å²) in [6, 6.07) is 10.2. The van der Waals surface area contributed by atoms with Gasteiger partial charge in [-0.1, -0.05) is 23.2 Å². The molecule has 2 aromatic carbocycles. The first-order chi connectivity index (χ1) is 9.56. The molecular formula is C15H10Cl2N2O. The molecule has 0 radical (unpaired) electrons. The predicted molar refractivity (Wildman–Crippen MR) is 82.6 cm³/mol. The van der Waals surface area contributed by atoms with E-state index < -0.39 is 0 Å². The molecule has 0 saturated heterocycles. The number of halogens is 2. The average molecular weight is 305 g/mol. The van der Waals surface area contributed by atoms with Gasteiger partial charge in [0.1, 0.15) is 0 Å². The van der Waals surface area contributed by atoms with Crippen molar-refractivity contribution in [3.8, 4) is 0 Å². The highest BCUT2D eigenvalue weighted by Gasteiger charge is 2.15. The van der Waals surface area contributed by atoms with Crippen LogP contribution in [-0.4, -0.2) is 10.8 Å². The van der Waals surface area contributed by atoms with E-state index >= 15 is 0 Å². The van der Waals surface area contributed by atoms with Crippen LogP contribution in [0.15, 0.2) is 42.6 Å². The van der Waals surface area contributed by atoms with Gasteiger partial charge in [-0.3, -0.25) is 4.79 Å². The summed E-state index contributed by atoms with van der Waals surface area (Å²) in [6.07, 6.45) is 1.67. The highest BCUT2D eigenvalue weighted by atomic mass is 35.5. The third-order valence-corrected chi connectivity index (χ3v) is 3.71. The van der Waals surface area contributed by atoms with E-state index in [0.29, 0.717) is 26.9 Å². The van der Waals surface area contributed by atoms with Crippen LogP contribution in [-0.2, 0) is 0 Å². The van der Waals surface area contributed by atoms with Crippen molar-refractivity contribution in [2.75, 3.05) is 5.73 Å². The highest BCUT2D eigenvalue weighted by molar-refractivity contribution is 6.34. The maximum Gasteiger partial charge on any atom is 0.195 e. The number of carbonyl (C=O) groups is 1. The fourth-order valence-corrected chi connectivity index (χ4v) is 2.46. The van der Waals surface area contributed by atoms with Gasteiger partial charge >= 0.3 is 0 Å². The Labute approximate surface area is 125 Å². The molecule has 3 nitrogen and oxygen atoms in total. The molecule has 0 bridgehead atoms. The molecule has 20 heavy (non-hydrogen) atoms.